The van der Waals surface area contributed by atoms with E-state index in [2.05, 4.69) is 10.3 Å². The molecular formula is C20H23Cl2N3O3. The van der Waals surface area contributed by atoms with Crippen LogP contribution in [0.1, 0.15) is 26.3 Å². The molecule has 0 spiro atoms. The van der Waals surface area contributed by atoms with E-state index in [0.717, 1.165) is 5.56 Å². The number of carbonyl (C=O) groups excluding carboxylic acids is 1. The number of halogens is 2. The van der Waals surface area contributed by atoms with Crippen molar-refractivity contribution < 1.29 is 14.3 Å². The monoisotopic (exact) mass is 423 g/mol. The number of ether oxygens (including phenoxy) is 2. The number of anilines is 1. The van der Waals surface area contributed by atoms with Crippen molar-refractivity contribution in [3.05, 3.63) is 52.1 Å². The van der Waals surface area contributed by atoms with Crippen molar-refractivity contribution in [2.75, 3.05) is 18.1 Å². The van der Waals surface area contributed by atoms with Crippen molar-refractivity contribution in [3.8, 4) is 5.75 Å². The minimum absolute atomic E-state index is 0.0770. The van der Waals surface area contributed by atoms with Crippen LogP contribution in [0.5, 0.6) is 5.75 Å². The third-order valence-electron chi connectivity index (χ3n) is 4.14. The van der Waals surface area contributed by atoms with Crippen molar-refractivity contribution in [2.45, 2.75) is 39.0 Å². The lowest BCUT2D eigenvalue weighted by Crippen LogP contribution is -2.34. The number of hydrogen-bond acceptors (Lipinski definition) is 4. The van der Waals surface area contributed by atoms with Gasteiger partial charge in [-0.3, -0.25) is 4.90 Å². The molecule has 3 rings (SSSR count). The molecule has 1 aliphatic heterocycles. The molecule has 28 heavy (non-hydrogen) atoms. The van der Waals surface area contributed by atoms with E-state index in [0.29, 0.717) is 34.8 Å². The third-order valence-corrected chi connectivity index (χ3v) is 4.84. The van der Waals surface area contributed by atoms with Gasteiger partial charge in [0.15, 0.2) is 0 Å². The number of rotatable bonds is 6. The van der Waals surface area contributed by atoms with Gasteiger partial charge in [-0.1, -0.05) is 29.3 Å². The summed E-state index contributed by atoms with van der Waals surface area (Å²) in [6, 6.07) is 8.55. The van der Waals surface area contributed by atoms with Crippen molar-refractivity contribution >= 4 is 35.1 Å². The number of amides is 2. The molecule has 8 heteroatoms. The van der Waals surface area contributed by atoms with Crippen LogP contribution < -0.4 is 15.0 Å². The second-order valence-corrected chi connectivity index (χ2v) is 8.34. The highest BCUT2D eigenvalue weighted by atomic mass is 35.5. The first-order valence-electron chi connectivity index (χ1n) is 8.97. The Bertz CT molecular complexity index is 817. The fourth-order valence-corrected chi connectivity index (χ4v) is 3.19. The summed E-state index contributed by atoms with van der Waals surface area (Å²) in [5, 5.41) is 4.01. The van der Waals surface area contributed by atoms with Gasteiger partial charge in [-0.05, 0) is 45.0 Å². The molecule has 1 fully saturated rings. The number of benzene rings is 1. The summed E-state index contributed by atoms with van der Waals surface area (Å²) in [7, 11) is 0. The highest BCUT2D eigenvalue weighted by molar-refractivity contribution is 6.35. The number of hydrogen-bond donors (Lipinski definition) is 1. The Morgan fingerprint density at radius 2 is 1.93 bits per heavy atom. The zero-order chi connectivity index (χ0) is 20.3. The van der Waals surface area contributed by atoms with Gasteiger partial charge in [0.05, 0.1) is 31.0 Å². The second-order valence-electron chi connectivity index (χ2n) is 7.52. The molecule has 6 nitrogen and oxygen atoms in total. The van der Waals surface area contributed by atoms with Crippen molar-refractivity contribution in [3.63, 3.8) is 0 Å². The third kappa shape index (κ3) is 5.28. The number of urea groups is 1. The van der Waals surface area contributed by atoms with Crippen LogP contribution in [0.4, 0.5) is 10.6 Å². The van der Waals surface area contributed by atoms with Gasteiger partial charge in [0, 0.05) is 15.6 Å². The second kappa shape index (κ2) is 8.55. The number of nitrogens with one attached hydrogen (secondary N) is 1. The maximum atomic E-state index is 12.2. The molecule has 1 aromatic heterocycles. The summed E-state index contributed by atoms with van der Waals surface area (Å²) < 4.78 is 11.5. The van der Waals surface area contributed by atoms with E-state index in [1.807, 2.05) is 20.8 Å². The zero-order valence-corrected chi connectivity index (χ0v) is 17.5. The maximum absolute atomic E-state index is 12.2. The Morgan fingerprint density at radius 1 is 1.21 bits per heavy atom. The van der Waals surface area contributed by atoms with Gasteiger partial charge in [-0.15, -0.1) is 0 Å². The van der Waals surface area contributed by atoms with Crippen LogP contribution in [0.15, 0.2) is 36.5 Å². The van der Waals surface area contributed by atoms with E-state index in [-0.39, 0.29) is 24.3 Å². The Kier molecular flexibility index (Phi) is 6.33. The quantitative estimate of drug-likeness (QED) is 0.732. The summed E-state index contributed by atoms with van der Waals surface area (Å²) >= 11 is 12.3. The smallest absolute Gasteiger partial charge is 0.323 e. The first kappa shape index (κ1) is 20.7. The van der Waals surface area contributed by atoms with E-state index in [4.69, 9.17) is 32.7 Å². The standard InChI is InChI=1S/C20H23Cl2N3O3/c1-20(2,3)28-11-13-10-25(19(26)24-13)18-8-7-14(9-23-18)27-12-15-16(21)5-4-6-17(15)22/h4-9,13H,10-12H2,1-3H3,(H,24,26)/t13-/m1/s1. The van der Waals surface area contributed by atoms with Crippen molar-refractivity contribution in [1.82, 2.24) is 10.3 Å². The summed E-state index contributed by atoms with van der Waals surface area (Å²) in [6.07, 6.45) is 1.58. The topological polar surface area (TPSA) is 63.7 Å². The lowest BCUT2D eigenvalue weighted by atomic mass is 10.2. The van der Waals surface area contributed by atoms with Gasteiger partial charge in [0.1, 0.15) is 18.2 Å². The number of nitrogens with zero attached hydrogens (tertiary/aromatic N) is 2. The van der Waals surface area contributed by atoms with Gasteiger partial charge in [-0.25, -0.2) is 9.78 Å². The largest absolute Gasteiger partial charge is 0.487 e. The fraction of sp³-hybridized carbons (Fsp3) is 0.400. The van der Waals surface area contributed by atoms with Crippen LogP contribution in [-0.4, -0.2) is 35.8 Å². The summed E-state index contributed by atoms with van der Waals surface area (Å²) in [5.41, 5.74) is 0.468. The Hall–Kier alpha value is -2.02. The summed E-state index contributed by atoms with van der Waals surface area (Å²) in [5.74, 6) is 1.12. The zero-order valence-electron chi connectivity index (χ0n) is 16.0. The minimum atomic E-state index is -0.250. The summed E-state index contributed by atoms with van der Waals surface area (Å²) in [4.78, 5) is 18.2. The molecule has 1 atom stereocenters. The van der Waals surface area contributed by atoms with Crippen LogP contribution in [0.25, 0.3) is 0 Å². The average Bonchev–Trinajstić information content (AvgIpc) is 3.00. The molecule has 1 aromatic carbocycles. The maximum Gasteiger partial charge on any atom is 0.323 e. The first-order chi connectivity index (χ1) is 13.2. The Labute approximate surface area is 174 Å². The predicted octanol–water partition coefficient (Wildman–Crippen LogP) is 4.68. The molecule has 2 amide bonds. The Balaban J connectivity index is 1.59. The lowest BCUT2D eigenvalue weighted by molar-refractivity contribution is -0.0102. The number of aromatic nitrogens is 1. The van der Waals surface area contributed by atoms with Crippen LogP contribution in [0.2, 0.25) is 10.0 Å². The van der Waals surface area contributed by atoms with E-state index in [9.17, 15) is 4.79 Å². The molecule has 0 unspecified atom stereocenters. The van der Waals surface area contributed by atoms with Crippen LogP contribution in [-0.2, 0) is 11.3 Å². The van der Waals surface area contributed by atoms with Gasteiger partial charge in [0.25, 0.3) is 0 Å². The molecule has 2 heterocycles. The molecule has 1 aliphatic rings. The van der Waals surface area contributed by atoms with Gasteiger partial charge < -0.3 is 14.8 Å². The molecule has 0 radical (unpaired) electrons. The summed E-state index contributed by atoms with van der Waals surface area (Å²) in [6.45, 7) is 7.13. The molecule has 0 bridgehead atoms. The van der Waals surface area contributed by atoms with Crippen LogP contribution >= 0.6 is 23.2 Å². The van der Waals surface area contributed by atoms with Gasteiger partial charge >= 0.3 is 6.03 Å². The van der Waals surface area contributed by atoms with Crippen LogP contribution in [0, 0.1) is 0 Å². The molecule has 1 saturated heterocycles. The van der Waals surface area contributed by atoms with Crippen molar-refractivity contribution in [2.24, 2.45) is 0 Å². The van der Waals surface area contributed by atoms with Gasteiger partial charge in [0.2, 0.25) is 0 Å². The minimum Gasteiger partial charge on any atom is -0.487 e. The predicted molar refractivity (Wildman–Crippen MR) is 110 cm³/mol. The fourth-order valence-electron chi connectivity index (χ4n) is 2.69. The van der Waals surface area contributed by atoms with E-state index >= 15 is 0 Å². The molecule has 0 saturated carbocycles. The normalized spacial score (nSPS) is 17.0. The molecule has 1 N–H and O–H groups in total. The average molecular weight is 424 g/mol. The Morgan fingerprint density at radius 3 is 2.54 bits per heavy atom. The van der Waals surface area contributed by atoms with Gasteiger partial charge in [-0.2, -0.15) is 0 Å². The number of pyridine rings is 1. The highest BCUT2D eigenvalue weighted by Gasteiger charge is 2.31. The lowest BCUT2D eigenvalue weighted by Gasteiger charge is -2.22. The van der Waals surface area contributed by atoms with E-state index in [1.165, 1.54) is 0 Å². The van der Waals surface area contributed by atoms with E-state index < -0.39 is 0 Å². The van der Waals surface area contributed by atoms with Crippen molar-refractivity contribution in [1.29, 1.82) is 0 Å². The molecular weight excluding hydrogens is 401 g/mol. The van der Waals surface area contributed by atoms with Crippen LogP contribution in [0.3, 0.4) is 0 Å². The first-order valence-corrected chi connectivity index (χ1v) is 9.72. The molecule has 0 aliphatic carbocycles. The van der Waals surface area contributed by atoms with E-state index in [1.54, 1.807) is 41.4 Å². The SMILES string of the molecule is CC(C)(C)OC[C@H]1CN(c2ccc(OCc3c(Cl)cccc3Cl)cn2)C(=O)N1. The number of carbonyl (C=O) groups is 1. The highest BCUT2D eigenvalue weighted by Crippen LogP contribution is 2.26. The molecule has 2 aromatic rings. The molecule has 150 valence electrons.